The van der Waals surface area contributed by atoms with Gasteiger partial charge in [0.15, 0.2) is 0 Å². The van der Waals surface area contributed by atoms with E-state index in [9.17, 15) is 4.79 Å². The molecule has 0 aliphatic carbocycles. The molecule has 0 radical (unpaired) electrons. The molecule has 2 atom stereocenters. The van der Waals surface area contributed by atoms with E-state index in [0.717, 1.165) is 18.6 Å². The molecule has 0 heterocycles. The van der Waals surface area contributed by atoms with Gasteiger partial charge >= 0.3 is 0 Å². The monoisotopic (exact) mass is 280 g/mol. The lowest BCUT2D eigenvalue weighted by Gasteiger charge is -2.18. The van der Waals surface area contributed by atoms with Crippen molar-refractivity contribution in [2.75, 3.05) is 12.0 Å². The van der Waals surface area contributed by atoms with E-state index in [0.29, 0.717) is 0 Å². The number of amides is 1. The Hall–Kier alpha value is -1.00. The molecule has 3 nitrogen and oxygen atoms in total. The van der Waals surface area contributed by atoms with Gasteiger partial charge in [0.25, 0.3) is 0 Å². The third-order valence-electron chi connectivity index (χ3n) is 3.15. The third kappa shape index (κ3) is 5.66. The van der Waals surface area contributed by atoms with Gasteiger partial charge in [-0.15, -0.1) is 0 Å². The molecule has 0 fully saturated rings. The number of aryl methyl sites for hydroxylation is 1. The molecule has 1 unspecified atom stereocenters. The molecule has 4 heteroatoms. The molecular formula is C15H24N2OS. The van der Waals surface area contributed by atoms with Crippen molar-refractivity contribution < 1.29 is 4.79 Å². The molecule has 0 saturated carbocycles. The van der Waals surface area contributed by atoms with Crippen LogP contribution in [0.3, 0.4) is 0 Å². The summed E-state index contributed by atoms with van der Waals surface area (Å²) >= 11 is 1.71. The molecule has 0 aromatic heterocycles. The van der Waals surface area contributed by atoms with E-state index in [2.05, 4.69) is 24.4 Å². The summed E-state index contributed by atoms with van der Waals surface area (Å²) in [4.78, 5) is 11.9. The van der Waals surface area contributed by atoms with Gasteiger partial charge in [0, 0.05) is 6.04 Å². The lowest BCUT2D eigenvalue weighted by molar-refractivity contribution is -0.122. The summed E-state index contributed by atoms with van der Waals surface area (Å²) in [6.45, 7) is 4.11. The quantitative estimate of drug-likeness (QED) is 0.804. The third-order valence-corrected chi connectivity index (χ3v) is 3.79. The van der Waals surface area contributed by atoms with Crippen LogP contribution in [0.2, 0.25) is 0 Å². The van der Waals surface area contributed by atoms with Crippen molar-refractivity contribution in [3.05, 3.63) is 35.4 Å². The van der Waals surface area contributed by atoms with Crippen LogP contribution in [0.25, 0.3) is 0 Å². The zero-order valence-electron chi connectivity index (χ0n) is 12.0. The maximum absolute atomic E-state index is 11.9. The van der Waals surface area contributed by atoms with E-state index < -0.39 is 6.04 Å². The summed E-state index contributed by atoms with van der Waals surface area (Å²) in [5.41, 5.74) is 8.38. The number of thioether (sulfide) groups is 1. The van der Waals surface area contributed by atoms with Gasteiger partial charge in [-0.2, -0.15) is 11.8 Å². The van der Waals surface area contributed by atoms with Crippen LogP contribution in [0.1, 0.15) is 24.5 Å². The zero-order chi connectivity index (χ0) is 14.3. The first-order valence-corrected chi connectivity index (χ1v) is 8.03. The first-order valence-electron chi connectivity index (χ1n) is 6.64. The highest BCUT2D eigenvalue weighted by molar-refractivity contribution is 7.98. The van der Waals surface area contributed by atoms with Crippen LogP contribution in [-0.2, 0) is 11.2 Å². The van der Waals surface area contributed by atoms with Crippen molar-refractivity contribution in [3.63, 3.8) is 0 Å². The smallest absolute Gasteiger partial charge is 0.237 e. The van der Waals surface area contributed by atoms with E-state index in [-0.39, 0.29) is 11.9 Å². The average Bonchev–Trinajstić information content (AvgIpc) is 2.38. The minimum Gasteiger partial charge on any atom is -0.352 e. The van der Waals surface area contributed by atoms with Gasteiger partial charge < -0.3 is 11.1 Å². The van der Waals surface area contributed by atoms with Crippen LogP contribution in [0, 0.1) is 6.92 Å². The minimum absolute atomic E-state index is 0.0462. The van der Waals surface area contributed by atoms with Gasteiger partial charge in [-0.3, -0.25) is 4.79 Å². The molecule has 0 bridgehead atoms. The SMILES string of the molecule is CSCC[C@@H](N)C(=O)NC(C)Cc1ccccc1C. The fourth-order valence-corrected chi connectivity index (χ4v) is 2.44. The number of hydrogen-bond donors (Lipinski definition) is 2. The molecule has 19 heavy (non-hydrogen) atoms. The zero-order valence-corrected chi connectivity index (χ0v) is 12.8. The van der Waals surface area contributed by atoms with Gasteiger partial charge in [0.1, 0.15) is 0 Å². The van der Waals surface area contributed by atoms with Crippen molar-refractivity contribution in [2.45, 2.75) is 38.8 Å². The molecule has 0 aliphatic rings. The Morgan fingerprint density at radius 1 is 1.42 bits per heavy atom. The number of nitrogens with one attached hydrogen (secondary N) is 1. The second-order valence-corrected chi connectivity index (χ2v) is 5.91. The molecule has 1 amide bonds. The van der Waals surface area contributed by atoms with E-state index in [1.165, 1.54) is 11.1 Å². The maximum Gasteiger partial charge on any atom is 0.237 e. The van der Waals surface area contributed by atoms with Crippen LogP contribution < -0.4 is 11.1 Å². The molecular weight excluding hydrogens is 256 g/mol. The van der Waals surface area contributed by atoms with Gasteiger partial charge in [-0.1, -0.05) is 24.3 Å². The molecule has 0 aliphatic heterocycles. The highest BCUT2D eigenvalue weighted by Gasteiger charge is 2.15. The minimum atomic E-state index is -0.397. The van der Waals surface area contributed by atoms with Crippen molar-refractivity contribution in [3.8, 4) is 0 Å². The van der Waals surface area contributed by atoms with Gasteiger partial charge in [0.05, 0.1) is 6.04 Å². The Kier molecular flexibility index (Phi) is 6.95. The number of hydrogen-bond acceptors (Lipinski definition) is 3. The van der Waals surface area contributed by atoms with Crippen molar-refractivity contribution in [1.82, 2.24) is 5.32 Å². The number of nitrogens with two attached hydrogens (primary N) is 1. The molecule has 1 aromatic carbocycles. The largest absolute Gasteiger partial charge is 0.352 e. The normalized spacial score (nSPS) is 13.9. The molecule has 106 valence electrons. The maximum atomic E-state index is 11.9. The van der Waals surface area contributed by atoms with E-state index in [1.54, 1.807) is 11.8 Å². The van der Waals surface area contributed by atoms with Gasteiger partial charge in [-0.25, -0.2) is 0 Å². The predicted molar refractivity (Wildman–Crippen MR) is 83.5 cm³/mol. The van der Waals surface area contributed by atoms with Crippen LogP contribution in [0.4, 0.5) is 0 Å². The summed E-state index contributed by atoms with van der Waals surface area (Å²) < 4.78 is 0. The summed E-state index contributed by atoms with van der Waals surface area (Å²) in [6, 6.07) is 7.96. The molecule has 1 rings (SSSR count). The lowest BCUT2D eigenvalue weighted by atomic mass is 10.0. The fourth-order valence-electron chi connectivity index (χ4n) is 1.95. The number of benzene rings is 1. The van der Waals surface area contributed by atoms with Crippen LogP contribution in [0.5, 0.6) is 0 Å². The summed E-state index contributed by atoms with van der Waals surface area (Å²) in [6.07, 6.45) is 3.59. The number of carbonyl (C=O) groups is 1. The van der Waals surface area contributed by atoms with Crippen LogP contribution >= 0.6 is 11.8 Å². The average molecular weight is 280 g/mol. The summed E-state index contributed by atoms with van der Waals surface area (Å²) in [5.74, 6) is 0.871. The highest BCUT2D eigenvalue weighted by Crippen LogP contribution is 2.09. The van der Waals surface area contributed by atoms with Gasteiger partial charge in [-0.05, 0) is 49.8 Å². The summed E-state index contributed by atoms with van der Waals surface area (Å²) in [5, 5.41) is 2.99. The van der Waals surface area contributed by atoms with Crippen molar-refractivity contribution in [1.29, 1.82) is 0 Å². The predicted octanol–water partition coefficient (Wildman–Crippen LogP) is 2.12. The number of rotatable bonds is 7. The second-order valence-electron chi connectivity index (χ2n) is 4.93. The molecule has 0 saturated heterocycles. The first-order chi connectivity index (χ1) is 9.04. The first kappa shape index (κ1) is 16.1. The second kappa shape index (κ2) is 8.23. The fraction of sp³-hybridized carbons (Fsp3) is 0.533. The Bertz CT molecular complexity index is 409. The Balaban J connectivity index is 2.45. The topological polar surface area (TPSA) is 55.1 Å². The lowest BCUT2D eigenvalue weighted by Crippen LogP contribution is -2.45. The Morgan fingerprint density at radius 2 is 2.11 bits per heavy atom. The standard InChI is InChI=1S/C15H24N2OS/c1-11-6-4-5-7-13(11)10-12(2)17-15(18)14(16)8-9-19-3/h4-7,12,14H,8-10,16H2,1-3H3,(H,17,18)/t12?,14-/m1/s1. The highest BCUT2D eigenvalue weighted by atomic mass is 32.2. The molecule has 0 spiro atoms. The van der Waals surface area contributed by atoms with Crippen LogP contribution in [-0.4, -0.2) is 30.0 Å². The van der Waals surface area contributed by atoms with E-state index in [4.69, 9.17) is 5.73 Å². The molecule has 3 N–H and O–H groups in total. The molecule has 1 aromatic rings. The Morgan fingerprint density at radius 3 is 2.74 bits per heavy atom. The van der Waals surface area contributed by atoms with E-state index >= 15 is 0 Å². The Labute approximate surface area is 120 Å². The van der Waals surface area contributed by atoms with E-state index in [1.807, 2.05) is 25.3 Å². The van der Waals surface area contributed by atoms with Crippen molar-refractivity contribution in [2.24, 2.45) is 5.73 Å². The summed E-state index contributed by atoms with van der Waals surface area (Å²) in [7, 11) is 0. The van der Waals surface area contributed by atoms with Crippen LogP contribution in [0.15, 0.2) is 24.3 Å². The van der Waals surface area contributed by atoms with Crippen molar-refractivity contribution >= 4 is 17.7 Å². The van der Waals surface area contributed by atoms with Gasteiger partial charge in [0.2, 0.25) is 5.91 Å². The number of carbonyl (C=O) groups excluding carboxylic acids is 1.